The summed E-state index contributed by atoms with van der Waals surface area (Å²) >= 11 is 0. The minimum atomic E-state index is -1.54. The molecule has 9 heteroatoms. The SMILES string of the molecule is Cc1cc(F)c(F)c(OCC(=O)[C@H](CCC(F)CN)NC(=O)C2CCCC2)c1F. The van der Waals surface area contributed by atoms with Gasteiger partial charge in [0, 0.05) is 12.5 Å². The number of halogens is 4. The Labute approximate surface area is 167 Å². The van der Waals surface area contributed by atoms with Crippen LogP contribution in [0.3, 0.4) is 0 Å². The Morgan fingerprint density at radius 3 is 2.48 bits per heavy atom. The van der Waals surface area contributed by atoms with Gasteiger partial charge in [-0.3, -0.25) is 9.59 Å². The topological polar surface area (TPSA) is 81.4 Å². The summed E-state index contributed by atoms with van der Waals surface area (Å²) < 4.78 is 59.8. The van der Waals surface area contributed by atoms with Crippen LogP contribution in [-0.4, -0.2) is 37.1 Å². The molecule has 3 N–H and O–H groups in total. The lowest BCUT2D eigenvalue weighted by atomic mass is 10.0. The lowest BCUT2D eigenvalue weighted by Crippen LogP contribution is -2.45. The highest BCUT2D eigenvalue weighted by Gasteiger charge is 2.29. The Balaban J connectivity index is 2.07. The first-order valence-electron chi connectivity index (χ1n) is 9.68. The van der Waals surface area contributed by atoms with Gasteiger partial charge in [0.15, 0.2) is 23.2 Å². The van der Waals surface area contributed by atoms with Crippen LogP contribution in [0.1, 0.15) is 44.1 Å². The highest BCUT2D eigenvalue weighted by molar-refractivity contribution is 5.90. The largest absolute Gasteiger partial charge is 0.480 e. The van der Waals surface area contributed by atoms with Crippen LogP contribution >= 0.6 is 0 Å². The molecule has 5 nitrogen and oxygen atoms in total. The molecular formula is C20H26F4N2O3. The molecule has 2 atom stereocenters. The number of alkyl halides is 1. The second kappa shape index (κ2) is 10.6. The van der Waals surface area contributed by atoms with Crippen LogP contribution in [-0.2, 0) is 9.59 Å². The smallest absolute Gasteiger partial charge is 0.223 e. The van der Waals surface area contributed by atoms with E-state index in [-0.39, 0.29) is 36.8 Å². The van der Waals surface area contributed by atoms with E-state index in [1.165, 1.54) is 6.92 Å². The number of hydrogen-bond acceptors (Lipinski definition) is 4. The maximum absolute atomic E-state index is 14.0. The summed E-state index contributed by atoms with van der Waals surface area (Å²) in [4.78, 5) is 24.9. The Morgan fingerprint density at radius 1 is 1.21 bits per heavy atom. The maximum atomic E-state index is 14.0. The number of ketones is 1. The highest BCUT2D eigenvalue weighted by atomic mass is 19.2. The molecule has 0 aromatic heterocycles. The van der Waals surface area contributed by atoms with Crippen LogP contribution in [0.4, 0.5) is 17.6 Å². The molecule has 1 fully saturated rings. The molecule has 1 aliphatic carbocycles. The first kappa shape index (κ1) is 23.1. The van der Waals surface area contributed by atoms with Crippen molar-refractivity contribution in [3.63, 3.8) is 0 Å². The summed E-state index contributed by atoms with van der Waals surface area (Å²) in [5.74, 6) is -6.19. The van der Waals surface area contributed by atoms with Gasteiger partial charge in [0.05, 0.1) is 6.04 Å². The van der Waals surface area contributed by atoms with Gasteiger partial charge in [-0.05, 0) is 44.2 Å². The predicted molar refractivity (Wildman–Crippen MR) is 98.6 cm³/mol. The van der Waals surface area contributed by atoms with Gasteiger partial charge in [-0.1, -0.05) is 12.8 Å². The van der Waals surface area contributed by atoms with Crippen molar-refractivity contribution < 1.29 is 31.9 Å². The van der Waals surface area contributed by atoms with Gasteiger partial charge in [0.25, 0.3) is 0 Å². The number of aryl methyl sites for hydroxylation is 1. The monoisotopic (exact) mass is 418 g/mol. The zero-order chi connectivity index (χ0) is 21.6. The van der Waals surface area contributed by atoms with Crippen LogP contribution in [0.2, 0.25) is 0 Å². The summed E-state index contributed by atoms with van der Waals surface area (Å²) in [5.41, 5.74) is 5.06. The standard InChI is InChI=1S/C20H26F4N2O3/c1-11-8-14(22)18(24)19(17(11)23)29-10-16(27)15(7-6-13(21)9-25)26-20(28)12-4-2-3-5-12/h8,12-13,15H,2-7,9-10,25H2,1H3,(H,26,28)/t13?,15-/m0/s1. The fraction of sp³-hybridized carbons (Fsp3) is 0.600. The zero-order valence-electron chi connectivity index (χ0n) is 16.3. The summed E-state index contributed by atoms with van der Waals surface area (Å²) in [6, 6.07) is -0.410. The number of nitrogens with one attached hydrogen (secondary N) is 1. The van der Waals surface area contributed by atoms with E-state index in [9.17, 15) is 27.2 Å². The third kappa shape index (κ3) is 6.16. The van der Waals surface area contributed by atoms with Crippen molar-refractivity contribution in [3.05, 3.63) is 29.1 Å². The van der Waals surface area contributed by atoms with Crippen LogP contribution in [0.15, 0.2) is 6.07 Å². The minimum Gasteiger partial charge on any atom is -0.480 e. The van der Waals surface area contributed by atoms with Crippen molar-refractivity contribution >= 4 is 11.7 Å². The van der Waals surface area contributed by atoms with E-state index in [1.54, 1.807) is 0 Å². The molecule has 0 spiro atoms. The molecular weight excluding hydrogens is 392 g/mol. The van der Waals surface area contributed by atoms with Crippen LogP contribution in [0.5, 0.6) is 5.75 Å². The van der Waals surface area contributed by atoms with Gasteiger partial charge in [-0.2, -0.15) is 4.39 Å². The van der Waals surface area contributed by atoms with Crippen molar-refractivity contribution in [1.29, 1.82) is 0 Å². The number of nitrogens with two attached hydrogens (primary N) is 1. The Morgan fingerprint density at radius 2 is 1.86 bits per heavy atom. The summed E-state index contributed by atoms with van der Waals surface area (Å²) in [6.07, 6.45) is 1.78. The third-order valence-electron chi connectivity index (χ3n) is 5.11. The first-order chi connectivity index (χ1) is 13.7. The molecule has 0 heterocycles. The minimum absolute atomic E-state index is 0.0356. The molecule has 1 saturated carbocycles. The maximum Gasteiger partial charge on any atom is 0.223 e. The fourth-order valence-corrected chi connectivity index (χ4v) is 3.33. The van der Waals surface area contributed by atoms with E-state index in [2.05, 4.69) is 5.32 Å². The Bertz CT molecular complexity index is 713. The Kier molecular flexibility index (Phi) is 8.43. The van der Waals surface area contributed by atoms with E-state index in [0.29, 0.717) is 18.9 Å². The molecule has 0 saturated heterocycles. The lowest BCUT2D eigenvalue weighted by Gasteiger charge is -2.21. The van der Waals surface area contributed by atoms with E-state index in [1.807, 2.05) is 0 Å². The molecule has 1 aromatic carbocycles. The predicted octanol–water partition coefficient (Wildman–Crippen LogP) is 3.11. The molecule has 2 rings (SSSR count). The van der Waals surface area contributed by atoms with Crippen molar-refractivity contribution in [3.8, 4) is 5.75 Å². The van der Waals surface area contributed by atoms with E-state index >= 15 is 0 Å². The van der Waals surface area contributed by atoms with E-state index in [0.717, 1.165) is 12.8 Å². The molecule has 0 aliphatic heterocycles. The molecule has 0 bridgehead atoms. The number of Topliss-reactive ketones (excluding diaryl/α,β-unsaturated/α-hetero) is 1. The average molecular weight is 418 g/mol. The quantitative estimate of drug-likeness (QED) is 0.452. The number of carbonyl (C=O) groups is 2. The molecule has 1 amide bonds. The number of benzene rings is 1. The van der Waals surface area contributed by atoms with Gasteiger partial charge in [0.2, 0.25) is 11.7 Å². The van der Waals surface area contributed by atoms with Gasteiger partial charge in [-0.25, -0.2) is 13.2 Å². The van der Waals surface area contributed by atoms with Gasteiger partial charge >= 0.3 is 0 Å². The van der Waals surface area contributed by atoms with Crippen molar-refractivity contribution in [2.75, 3.05) is 13.2 Å². The van der Waals surface area contributed by atoms with Gasteiger partial charge < -0.3 is 15.8 Å². The first-order valence-corrected chi connectivity index (χ1v) is 9.68. The van der Waals surface area contributed by atoms with Crippen molar-refractivity contribution in [2.45, 2.75) is 57.7 Å². The molecule has 162 valence electrons. The Hall–Kier alpha value is -2.16. The number of ether oxygens (including phenoxy) is 1. The molecule has 1 aliphatic rings. The van der Waals surface area contributed by atoms with Gasteiger partial charge in [0.1, 0.15) is 12.8 Å². The van der Waals surface area contributed by atoms with E-state index in [4.69, 9.17) is 10.5 Å². The number of carbonyl (C=O) groups excluding carboxylic acids is 2. The molecule has 1 unspecified atom stereocenters. The molecule has 29 heavy (non-hydrogen) atoms. The second-order valence-corrected chi connectivity index (χ2v) is 7.34. The third-order valence-corrected chi connectivity index (χ3v) is 5.11. The van der Waals surface area contributed by atoms with Crippen molar-refractivity contribution in [2.24, 2.45) is 11.7 Å². The second-order valence-electron chi connectivity index (χ2n) is 7.34. The summed E-state index contributed by atoms with van der Waals surface area (Å²) in [6.45, 7) is 0.199. The number of hydrogen-bond donors (Lipinski definition) is 2. The normalized spacial score (nSPS) is 16.5. The van der Waals surface area contributed by atoms with Crippen LogP contribution in [0.25, 0.3) is 0 Å². The lowest BCUT2D eigenvalue weighted by molar-refractivity contribution is -0.131. The van der Waals surface area contributed by atoms with Gasteiger partial charge in [-0.15, -0.1) is 0 Å². The average Bonchev–Trinajstić information content (AvgIpc) is 3.24. The molecule has 0 radical (unpaired) electrons. The fourth-order valence-electron chi connectivity index (χ4n) is 3.33. The van der Waals surface area contributed by atoms with E-state index < -0.39 is 47.8 Å². The zero-order valence-corrected chi connectivity index (χ0v) is 16.3. The number of rotatable bonds is 10. The van der Waals surface area contributed by atoms with Crippen molar-refractivity contribution in [1.82, 2.24) is 5.32 Å². The highest BCUT2D eigenvalue weighted by Crippen LogP contribution is 2.27. The molecule has 1 aromatic rings. The summed E-state index contributed by atoms with van der Waals surface area (Å²) in [7, 11) is 0. The van der Waals surface area contributed by atoms with Crippen LogP contribution in [0, 0.1) is 30.3 Å². The number of amides is 1. The van der Waals surface area contributed by atoms with Crippen LogP contribution < -0.4 is 15.8 Å². The summed E-state index contributed by atoms with van der Waals surface area (Å²) in [5, 5.41) is 2.59.